The molecule has 1 rings (SSSR count). The molecule has 13 heavy (non-hydrogen) atoms. The van der Waals surface area contributed by atoms with E-state index >= 15 is 0 Å². The molecular weight excluding hydrogens is 184 g/mol. The predicted octanol–water partition coefficient (Wildman–Crippen LogP) is 0.242. The molecule has 0 aliphatic heterocycles. The summed E-state index contributed by atoms with van der Waals surface area (Å²) in [5.41, 5.74) is 0. The molecular formula is C9H14O3Si. The highest BCUT2D eigenvalue weighted by Gasteiger charge is 2.35. The van der Waals surface area contributed by atoms with Gasteiger partial charge in [-0.3, -0.25) is 0 Å². The Kier molecular flexibility index (Phi) is 3.21. The topological polar surface area (TPSA) is 49.7 Å². The predicted molar refractivity (Wildman–Crippen MR) is 52.5 cm³/mol. The van der Waals surface area contributed by atoms with Crippen LogP contribution in [0.1, 0.15) is 13.8 Å². The molecule has 0 atom stereocenters. The van der Waals surface area contributed by atoms with E-state index in [1.807, 2.05) is 6.07 Å². The zero-order chi connectivity index (χ0) is 9.90. The molecule has 0 heterocycles. The Morgan fingerprint density at radius 3 is 2.15 bits per heavy atom. The van der Waals surface area contributed by atoms with Crippen LogP contribution >= 0.6 is 0 Å². The Hall–Kier alpha value is -0.683. The first-order valence-electron chi connectivity index (χ1n) is 4.20. The molecule has 0 radical (unpaired) electrons. The van der Waals surface area contributed by atoms with Gasteiger partial charge in [0.05, 0.1) is 0 Å². The second-order valence-electron chi connectivity index (χ2n) is 3.14. The first-order chi connectivity index (χ1) is 6.02. The van der Waals surface area contributed by atoms with Crippen molar-refractivity contribution in [2.75, 3.05) is 0 Å². The normalized spacial score (nSPS) is 12.1. The molecule has 1 aromatic rings. The van der Waals surface area contributed by atoms with Crippen LogP contribution in [-0.4, -0.2) is 24.5 Å². The maximum absolute atomic E-state index is 9.63. The highest BCUT2D eigenvalue weighted by molar-refractivity contribution is 6.72. The zero-order valence-electron chi connectivity index (χ0n) is 7.77. The molecule has 0 unspecified atom stereocenters. The van der Waals surface area contributed by atoms with E-state index in [1.54, 1.807) is 38.1 Å². The van der Waals surface area contributed by atoms with Crippen molar-refractivity contribution < 1.29 is 14.0 Å². The minimum absolute atomic E-state index is 0.179. The maximum atomic E-state index is 9.63. The summed E-state index contributed by atoms with van der Waals surface area (Å²) in [6, 6.07) is 8.66. The van der Waals surface area contributed by atoms with Crippen LogP contribution in [0.15, 0.2) is 30.3 Å². The quantitative estimate of drug-likeness (QED) is 0.684. The third-order valence-electron chi connectivity index (χ3n) is 1.55. The Bertz CT molecular complexity index is 259. The van der Waals surface area contributed by atoms with Crippen molar-refractivity contribution in [3.05, 3.63) is 30.3 Å². The van der Waals surface area contributed by atoms with Crippen molar-refractivity contribution in [3.63, 3.8) is 0 Å². The van der Waals surface area contributed by atoms with Crippen LogP contribution in [0.25, 0.3) is 0 Å². The van der Waals surface area contributed by atoms with E-state index < -0.39 is 8.80 Å². The summed E-state index contributed by atoms with van der Waals surface area (Å²) in [4.78, 5) is 19.3. The first-order valence-corrected chi connectivity index (χ1v) is 6.01. The van der Waals surface area contributed by atoms with E-state index in [0.29, 0.717) is 5.19 Å². The summed E-state index contributed by atoms with van der Waals surface area (Å²) in [6.45, 7) is 3.55. The summed E-state index contributed by atoms with van der Waals surface area (Å²) in [5, 5.41) is 0.476. The molecule has 0 spiro atoms. The molecule has 0 amide bonds. The summed E-state index contributed by atoms with van der Waals surface area (Å²) in [5.74, 6) is 0. The van der Waals surface area contributed by atoms with E-state index in [-0.39, 0.29) is 6.10 Å². The highest BCUT2D eigenvalue weighted by atomic mass is 28.4. The van der Waals surface area contributed by atoms with Crippen molar-refractivity contribution >= 4 is 14.0 Å². The summed E-state index contributed by atoms with van der Waals surface area (Å²) in [6.07, 6.45) is -0.179. The number of benzene rings is 1. The Labute approximate surface area is 79.0 Å². The molecule has 3 nitrogen and oxygen atoms in total. The van der Waals surface area contributed by atoms with Crippen LogP contribution in [-0.2, 0) is 4.43 Å². The summed E-state index contributed by atoms with van der Waals surface area (Å²) in [7, 11) is -3.64. The number of hydrogen-bond acceptors (Lipinski definition) is 3. The fourth-order valence-corrected chi connectivity index (χ4v) is 2.47. The standard InChI is InChI=1S/C9H14O3Si/c1-8(2)12-13(10,11)9-6-4-3-5-7-9/h3-8,10-11H,1-2H3. The van der Waals surface area contributed by atoms with E-state index in [4.69, 9.17) is 4.43 Å². The lowest BCUT2D eigenvalue weighted by molar-refractivity contribution is 0.122. The van der Waals surface area contributed by atoms with Gasteiger partial charge in [-0.15, -0.1) is 0 Å². The molecule has 4 heteroatoms. The molecule has 72 valence electrons. The van der Waals surface area contributed by atoms with Gasteiger partial charge in [0.1, 0.15) is 0 Å². The molecule has 0 aliphatic carbocycles. The lowest BCUT2D eigenvalue weighted by Crippen LogP contribution is -2.53. The molecule has 0 saturated carbocycles. The minimum atomic E-state index is -3.64. The van der Waals surface area contributed by atoms with Gasteiger partial charge in [-0.05, 0) is 13.8 Å². The van der Waals surface area contributed by atoms with Gasteiger partial charge in [-0.1, -0.05) is 30.3 Å². The SMILES string of the molecule is CC(C)O[Si](O)(O)c1ccccc1. The molecule has 1 aromatic carbocycles. The van der Waals surface area contributed by atoms with Crippen molar-refractivity contribution in [3.8, 4) is 0 Å². The minimum Gasteiger partial charge on any atom is -0.386 e. The fourth-order valence-electron chi connectivity index (χ4n) is 1.05. The molecule has 0 bridgehead atoms. The van der Waals surface area contributed by atoms with Crippen LogP contribution in [0.3, 0.4) is 0 Å². The van der Waals surface area contributed by atoms with Gasteiger partial charge in [-0.25, -0.2) is 0 Å². The molecule has 2 N–H and O–H groups in total. The average molecular weight is 198 g/mol. The van der Waals surface area contributed by atoms with Gasteiger partial charge in [0.25, 0.3) is 0 Å². The molecule has 0 fully saturated rings. The molecule has 0 aliphatic rings. The van der Waals surface area contributed by atoms with Gasteiger partial charge < -0.3 is 14.0 Å². The van der Waals surface area contributed by atoms with E-state index in [1.165, 1.54) is 0 Å². The van der Waals surface area contributed by atoms with Crippen LogP contribution in [0.2, 0.25) is 0 Å². The first kappa shape index (κ1) is 10.4. The average Bonchev–Trinajstić information content (AvgIpc) is 2.04. The lowest BCUT2D eigenvalue weighted by atomic mass is 10.4. The third-order valence-corrected chi connectivity index (χ3v) is 3.44. The second kappa shape index (κ2) is 4.02. The van der Waals surface area contributed by atoms with Crippen LogP contribution in [0.4, 0.5) is 0 Å². The highest BCUT2D eigenvalue weighted by Crippen LogP contribution is 2.01. The van der Waals surface area contributed by atoms with Crippen molar-refractivity contribution in [1.82, 2.24) is 0 Å². The van der Waals surface area contributed by atoms with Crippen molar-refractivity contribution in [1.29, 1.82) is 0 Å². The van der Waals surface area contributed by atoms with Gasteiger partial charge >= 0.3 is 8.80 Å². The molecule has 0 saturated heterocycles. The summed E-state index contributed by atoms with van der Waals surface area (Å²) >= 11 is 0. The smallest absolute Gasteiger partial charge is 0.386 e. The fraction of sp³-hybridized carbons (Fsp3) is 0.333. The van der Waals surface area contributed by atoms with E-state index in [9.17, 15) is 9.59 Å². The van der Waals surface area contributed by atoms with Crippen LogP contribution < -0.4 is 5.19 Å². The van der Waals surface area contributed by atoms with Crippen molar-refractivity contribution in [2.45, 2.75) is 20.0 Å². The van der Waals surface area contributed by atoms with Gasteiger partial charge in [-0.2, -0.15) is 0 Å². The van der Waals surface area contributed by atoms with Gasteiger partial charge in [0.2, 0.25) is 0 Å². The summed E-state index contributed by atoms with van der Waals surface area (Å²) < 4.78 is 5.07. The van der Waals surface area contributed by atoms with E-state index in [0.717, 1.165) is 0 Å². The number of hydrogen-bond donors (Lipinski definition) is 2. The Morgan fingerprint density at radius 2 is 1.69 bits per heavy atom. The Morgan fingerprint density at radius 1 is 1.15 bits per heavy atom. The Balaban J connectivity index is 2.81. The monoisotopic (exact) mass is 198 g/mol. The van der Waals surface area contributed by atoms with Gasteiger partial charge in [0.15, 0.2) is 0 Å². The van der Waals surface area contributed by atoms with Crippen LogP contribution in [0.5, 0.6) is 0 Å². The van der Waals surface area contributed by atoms with Crippen molar-refractivity contribution in [2.24, 2.45) is 0 Å². The maximum Gasteiger partial charge on any atom is 0.531 e. The number of rotatable bonds is 3. The second-order valence-corrected chi connectivity index (χ2v) is 5.17. The van der Waals surface area contributed by atoms with Crippen LogP contribution in [0, 0.1) is 0 Å². The van der Waals surface area contributed by atoms with Gasteiger partial charge in [0, 0.05) is 11.3 Å². The third kappa shape index (κ3) is 2.93. The largest absolute Gasteiger partial charge is 0.531 e. The zero-order valence-corrected chi connectivity index (χ0v) is 8.77. The van der Waals surface area contributed by atoms with E-state index in [2.05, 4.69) is 0 Å². The molecule has 0 aromatic heterocycles. The lowest BCUT2D eigenvalue weighted by Gasteiger charge is -2.20.